The third kappa shape index (κ3) is 6.66. The molecule has 110 valence electrons. The molecular weight excluding hydrogens is 236 g/mol. The topological polar surface area (TPSA) is 46.2 Å². The van der Waals surface area contributed by atoms with Crippen LogP contribution in [-0.4, -0.2) is 32.6 Å². The predicted molar refractivity (Wildman–Crippen MR) is 68.8 cm³/mol. The maximum absolute atomic E-state index is 5.82. The quantitative estimate of drug-likeness (QED) is 0.307. The summed E-state index contributed by atoms with van der Waals surface area (Å²) in [6.45, 7) is 8.94. The van der Waals surface area contributed by atoms with Crippen molar-refractivity contribution in [2.24, 2.45) is 0 Å². The molecule has 0 fully saturated rings. The Balaban J connectivity index is 4.65. The largest absolute Gasteiger partial charge is 0.328 e. The van der Waals surface area contributed by atoms with Crippen LogP contribution in [0.4, 0.5) is 0 Å². The molecule has 0 aliphatic heterocycles. The van der Waals surface area contributed by atoms with E-state index in [4.69, 9.17) is 19.1 Å². The zero-order chi connectivity index (χ0) is 13.9. The number of unbranched alkanes of at least 4 members (excludes halogenated alkanes) is 1. The number of hydrogen-bond acceptors (Lipinski definition) is 5. The zero-order valence-corrected chi connectivity index (χ0v) is 12.4. The lowest BCUT2D eigenvalue weighted by Crippen LogP contribution is -2.43. The van der Waals surface area contributed by atoms with Gasteiger partial charge in [-0.2, -0.15) is 0 Å². The van der Waals surface area contributed by atoms with Crippen molar-refractivity contribution in [2.45, 2.75) is 65.6 Å². The zero-order valence-electron chi connectivity index (χ0n) is 12.4. The highest BCUT2D eigenvalue weighted by Crippen LogP contribution is 2.26. The van der Waals surface area contributed by atoms with Gasteiger partial charge < -0.3 is 9.47 Å². The number of hydrogen-bond donors (Lipinski definition) is 0. The summed E-state index contributed by atoms with van der Waals surface area (Å²) in [5.74, 6) is -1.03. The summed E-state index contributed by atoms with van der Waals surface area (Å²) in [7, 11) is 1.46. The van der Waals surface area contributed by atoms with E-state index < -0.39 is 12.3 Å². The molecule has 0 radical (unpaired) electrons. The molecule has 1 atom stereocenters. The minimum Gasteiger partial charge on any atom is -0.328 e. The molecule has 0 spiro atoms. The van der Waals surface area contributed by atoms with Crippen LogP contribution in [0.5, 0.6) is 0 Å². The van der Waals surface area contributed by atoms with E-state index in [1.165, 1.54) is 7.11 Å². The van der Waals surface area contributed by atoms with Gasteiger partial charge in [-0.15, -0.1) is 0 Å². The van der Waals surface area contributed by atoms with Crippen LogP contribution in [0.15, 0.2) is 0 Å². The van der Waals surface area contributed by atoms with Crippen LogP contribution in [0.3, 0.4) is 0 Å². The van der Waals surface area contributed by atoms with Gasteiger partial charge in [0.05, 0.1) is 7.11 Å². The summed E-state index contributed by atoms with van der Waals surface area (Å²) in [6, 6.07) is 0. The fourth-order valence-corrected chi connectivity index (χ4v) is 1.62. The molecule has 0 aromatic rings. The molecule has 5 nitrogen and oxygen atoms in total. The van der Waals surface area contributed by atoms with E-state index in [9.17, 15) is 0 Å². The average molecular weight is 264 g/mol. The Labute approximate surface area is 111 Å². The molecule has 1 unspecified atom stereocenters. The summed E-state index contributed by atoms with van der Waals surface area (Å²) >= 11 is 0. The van der Waals surface area contributed by atoms with Gasteiger partial charge in [0.15, 0.2) is 6.29 Å². The van der Waals surface area contributed by atoms with Gasteiger partial charge in [-0.25, -0.2) is 9.78 Å². The van der Waals surface area contributed by atoms with Gasteiger partial charge in [0.2, 0.25) is 0 Å². The molecule has 0 aliphatic carbocycles. The van der Waals surface area contributed by atoms with Crippen LogP contribution < -0.4 is 0 Å². The molecule has 18 heavy (non-hydrogen) atoms. The van der Waals surface area contributed by atoms with Gasteiger partial charge in [-0.1, -0.05) is 20.3 Å². The van der Waals surface area contributed by atoms with Crippen LogP contribution in [0.25, 0.3) is 0 Å². The smallest absolute Gasteiger partial charge is 0.285 e. The van der Waals surface area contributed by atoms with Gasteiger partial charge in [-0.05, 0) is 26.7 Å². The number of ether oxygens (including phenoxy) is 3. The highest BCUT2D eigenvalue weighted by Gasteiger charge is 2.35. The van der Waals surface area contributed by atoms with Gasteiger partial charge >= 0.3 is 0 Å². The summed E-state index contributed by atoms with van der Waals surface area (Å²) in [5.41, 5.74) is 0. The van der Waals surface area contributed by atoms with Crippen molar-refractivity contribution in [1.82, 2.24) is 0 Å². The van der Waals surface area contributed by atoms with Crippen molar-refractivity contribution < 1.29 is 24.0 Å². The molecule has 0 aliphatic rings. The van der Waals surface area contributed by atoms with E-state index in [0.717, 1.165) is 12.8 Å². The van der Waals surface area contributed by atoms with E-state index in [2.05, 4.69) is 11.8 Å². The molecule has 0 aromatic heterocycles. The fraction of sp³-hybridized carbons (Fsp3) is 1.00. The third-order valence-electron chi connectivity index (χ3n) is 2.41. The van der Waals surface area contributed by atoms with Crippen molar-refractivity contribution in [3.8, 4) is 0 Å². The second-order valence-corrected chi connectivity index (χ2v) is 3.87. The molecule has 0 saturated heterocycles. The molecular formula is C13H28O5. The van der Waals surface area contributed by atoms with E-state index in [0.29, 0.717) is 26.1 Å². The van der Waals surface area contributed by atoms with Crippen molar-refractivity contribution in [3.05, 3.63) is 0 Å². The Kier molecular flexibility index (Phi) is 10.6. The van der Waals surface area contributed by atoms with Gasteiger partial charge in [0.1, 0.15) is 0 Å². The standard InChI is InChI=1S/C13H28O5/c1-6-10-11-13(15-8-3,16-9-4)17-12(7-2)18-14-5/h12H,6-11H2,1-5H3. The lowest BCUT2D eigenvalue weighted by Gasteiger charge is -2.35. The molecule has 0 amide bonds. The normalized spacial score (nSPS) is 13.8. The van der Waals surface area contributed by atoms with Crippen LogP contribution in [0, 0.1) is 0 Å². The third-order valence-corrected chi connectivity index (χ3v) is 2.41. The predicted octanol–water partition coefficient (Wildman–Crippen LogP) is 3.23. The van der Waals surface area contributed by atoms with Gasteiger partial charge in [-0.3, -0.25) is 4.74 Å². The second-order valence-electron chi connectivity index (χ2n) is 3.87. The van der Waals surface area contributed by atoms with Crippen LogP contribution >= 0.6 is 0 Å². The molecule has 0 rings (SSSR count). The average Bonchev–Trinajstić information content (AvgIpc) is 2.36. The molecule has 0 heterocycles. The lowest BCUT2D eigenvalue weighted by molar-refractivity contribution is -0.464. The Bertz CT molecular complexity index is 180. The van der Waals surface area contributed by atoms with Crippen molar-refractivity contribution >= 4 is 0 Å². The first kappa shape index (κ1) is 17.8. The van der Waals surface area contributed by atoms with E-state index in [1.54, 1.807) is 0 Å². The minimum absolute atomic E-state index is 0.495. The fourth-order valence-electron chi connectivity index (χ4n) is 1.62. The SMILES string of the molecule is CCCCC(OCC)(OCC)OC(CC)OOC. The van der Waals surface area contributed by atoms with Crippen molar-refractivity contribution in [2.75, 3.05) is 20.3 Å². The molecule has 0 bridgehead atoms. The Hall–Kier alpha value is -0.200. The highest BCUT2D eigenvalue weighted by molar-refractivity contribution is 4.59. The summed E-state index contributed by atoms with van der Waals surface area (Å²) in [6.07, 6.45) is 2.85. The van der Waals surface area contributed by atoms with Gasteiger partial charge in [0, 0.05) is 19.6 Å². The second kappa shape index (κ2) is 10.7. The summed E-state index contributed by atoms with van der Waals surface area (Å²) in [5, 5.41) is 0. The van der Waals surface area contributed by atoms with E-state index >= 15 is 0 Å². The van der Waals surface area contributed by atoms with E-state index in [-0.39, 0.29) is 0 Å². The summed E-state index contributed by atoms with van der Waals surface area (Å²) in [4.78, 5) is 9.70. The monoisotopic (exact) mass is 264 g/mol. The maximum Gasteiger partial charge on any atom is 0.285 e. The number of rotatable bonds is 12. The Morgan fingerprint density at radius 3 is 2.00 bits per heavy atom. The molecule has 0 N–H and O–H groups in total. The first-order chi connectivity index (χ1) is 8.67. The van der Waals surface area contributed by atoms with Crippen molar-refractivity contribution in [3.63, 3.8) is 0 Å². The van der Waals surface area contributed by atoms with Crippen LogP contribution in [-0.2, 0) is 24.0 Å². The Morgan fingerprint density at radius 2 is 1.61 bits per heavy atom. The van der Waals surface area contributed by atoms with Crippen LogP contribution in [0.2, 0.25) is 0 Å². The first-order valence-electron chi connectivity index (χ1n) is 6.83. The first-order valence-corrected chi connectivity index (χ1v) is 6.83. The van der Waals surface area contributed by atoms with Crippen molar-refractivity contribution in [1.29, 1.82) is 0 Å². The highest BCUT2D eigenvalue weighted by atomic mass is 17.2. The molecule has 0 aromatic carbocycles. The van der Waals surface area contributed by atoms with Crippen LogP contribution in [0.1, 0.15) is 53.4 Å². The Morgan fingerprint density at radius 1 is 1.00 bits per heavy atom. The summed E-state index contributed by atoms with van der Waals surface area (Å²) < 4.78 is 17.2. The van der Waals surface area contributed by atoms with Gasteiger partial charge in [0.25, 0.3) is 5.97 Å². The lowest BCUT2D eigenvalue weighted by atomic mass is 10.2. The molecule has 5 heteroatoms. The minimum atomic E-state index is -1.03. The maximum atomic E-state index is 5.82. The molecule has 0 saturated carbocycles. The van der Waals surface area contributed by atoms with E-state index in [1.807, 2.05) is 20.8 Å².